The molecule has 0 aliphatic rings. The van der Waals surface area contributed by atoms with E-state index in [1.165, 1.54) is 0 Å². The first-order valence-corrected chi connectivity index (χ1v) is 5.22. The van der Waals surface area contributed by atoms with E-state index in [0.717, 1.165) is 7.11 Å². The van der Waals surface area contributed by atoms with Crippen LogP contribution in [-0.2, 0) is 30.5 Å². The van der Waals surface area contributed by atoms with Crippen LogP contribution in [0.3, 0.4) is 0 Å². The summed E-state index contributed by atoms with van der Waals surface area (Å²) in [5, 5.41) is -0.599. The predicted octanol–water partition coefficient (Wildman–Crippen LogP) is -0.417. The van der Waals surface area contributed by atoms with E-state index >= 15 is 0 Å². The van der Waals surface area contributed by atoms with Gasteiger partial charge in [0.1, 0.15) is 0 Å². The fourth-order valence-electron chi connectivity index (χ4n) is 0.288. The quantitative estimate of drug-likeness (QED) is 0.275. The minimum atomic E-state index is -2.00. The standard InChI is InChI=1S/C4H8N2O4S2/c1-3-11(7)10-4(6-5)12(8)9-2/h3H2,1-2H3. The number of hydrogen-bond donors (Lipinski definition) is 0. The zero-order valence-electron chi connectivity index (χ0n) is 6.55. The van der Waals surface area contributed by atoms with Gasteiger partial charge in [-0.15, -0.1) is 4.79 Å². The number of nitrogens with zero attached hydrogens (tertiary/aromatic N) is 2. The highest BCUT2D eigenvalue weighted by Gasteiger charge is 2.23. The van der Waals surface area contributed by atoms with Gasteiger partial charge in [-0.25, -0.2) is 8.42 Å². The Kier molecular flexibility index (Phi) is 5.73. The summed E-state index contributed by atoms with van der Waals surface area (Å²) in [6, 6.07) is 0. The summed E-state index contributed by atoms with van der Waals surface area (Å²) in [6.45, 7) is 1.60. The molecule has 0 amide bonds. The van der Waals surface area contributed by atoms with Crippen molar-refractivity contribution in [2.75, 3.05) is 12.9 Å². The minimum Gasteiger partial charge on any atom is -0.356 e. The van der Waals surface area contributed by atoms with Crippen molar-refractivity contribution in [2.24, 2.45) is 0 Å². The Morgan fingerprint density at radius 1 is 1.58 bits per heavy atom. The number of hydrogen-bond acceptors (Lipinski definition) is 4. The Balaban J connectivity index is 4.31. The van der Waals surface area contributed by atoms with Gasteiger partial charge in [-0.05, 0) is 0 Å². The average molecular weight is 212 g/mol. The van der Waals surface area contributed by atoms with Gasteiger partial charge in [0.05, 0.1) is 12.9 Å². The first-order valence-electron chi connectivity index (χ1n) is 2.90. The Hall–Kier alpha value is -0.560. The lowest BCUT2D eigenvalue weighted by atomic mass is 11.0. The molecule has 2 unspecified atom stereocenters. The Labute approximate surface area is 74.8 Å². The lowest BCUT2D eigenvalue weighted by Crippen LogP contribution is -2.16. The second-order valence-electron chi connectivity index (χ2n) is 1.44. The first kappa shape index (κ1) is 11.4. The van der Waals surface area contributed by atoms with Crippen molar-refractivity contribution in [3.8, 4) is 0 Å². The largest absolute Gasteiger partial charge is 0.584 e. The van der Waals surface area contributed by atoms with Gasteiger partial charge < -0.3 is 9.71 Å². The van der Waals surface area contributed by atoms with Crippen LogP contribution in [0.4, 0.5) is 0 Å². The molecule has 0 bridgehead atoms. The molecule has 70 valence electrons. The van der Waals surface area contributed by atoms with Crippen LogP contribution in [-0.4, -0.2) is 31.3 Å². The summed E-state index contributed by atoms with van der Waals surface area (Å²) in [7, 11) is 1.14. The normalized spacial score (nSPS) is 14.5. The van der Waals surface area contributed by atoms with Gasteiger partial charge in [-0.3, -0.25) is 4.18 Å². The van der Waals surface area contributed by atoms with E-state index < -0.39 is 27.4 Å². The summed E-state index contributed by atoms with van der Waals surface area (Å²) in [6.07, 6.45) is 0. The monoisotopic (exact) mass is 212 g/mol. The molecular formula is C4H8N2O4S2. The summed E-state index contributed by atoms with van der Waals surface area (Å²) < 4.78 is 30.2. The van der Waals surface area contributed by atoms with Crippen LogP contribution in [0.5, 0.6) is 0 Å². The van der Waals surface area contributed by atoms with E-state index in [9.17, 15) is 8.42 Å². The molecule has 0 aliphatic carbocycles. The maximum Gasteiger partial charge on any atom is 0.584 e. The van der Waals surface area contributed by atoms with E-state index in [1.807, 2.05) is 0 Å². The molecule has 0 fully saturated rings. The van der Waals surface area contributed by atoms with Gasteiger partial charge in [0, 0.05) is 0 Å². The van der Waals surface area contributed by atoms with Gasteiger partial charge in [0.25, 0.3) is 0 Å². The van der Waals surface area contributed by atoms with E-state index in [-0.39, 0.29) is 5.75 Å². The smallest absolute Gasteiger partial charge is 0.356 e. The highest BCUT2D eigenvalue weighted by Crippen LogP contribution is 1.92. The molecule has 0 spiro atoms. The zero-order valence-corrected chi connectivity index (χ0v) is 8.18. The summed E-state index contributed by atoms with van der Waals surface area (Å²) in [5.74, 6) is 0.208. The van der Waals surface area contributed by atoms with Crippen LogP contribution in [0.15, 0.2) is 0 Å². The maximum absolute atomic E-state index is 10.7. The van der Waals surface area contributed by atoms with Crippen LogP contribution in [0.25, 0.3) is 5.53 Å². The van der Waals surface area contributed by atoms with Gasteiger partial charge >= 0.3 is 16.3 Å². The molecule has 0 saturated carbocycles. The third kappa shape index (κ3) is 3.72. The molecule has 0 radical (unpaired) electrons. The van der Waals surface area contributed by atoms with Gasteiger partial charge in [0.2, 0.25) is 11.1 Å². The topological polar surface area (TPSA) is 89.0 Å². The molecule has 6 nitrogen and oxygen atoms in total. The summed E-state index contributed by atoms with van der Waals surface area (Å²) in [4.78, 5) is 2.52. The molecular weight excluding hydrogens is 204 g/mol. The van der Waals surface area contributed by atoms with E-state index in [0.29, 0.717) is 0 Å². The second-order valence-corrected chi connectivity index (χ2v) is 3.95. The molecule has 0 aromatic rings. The van der Waals surface area contributed by atoms with E-state index in [1.54, 1.807) is 6.92 Å². The predicted molar refractivity (Wildman–Crippen MR) is 43.5 cm³/mol. The summed E-state index contributed by atoms with van der Waals surface area (Å²) in [5.41, 5.74) is 8.23. The molecule has 0 N–H and O–H groups in total. The summed E-state index contributed by atoms with van der Waals surface area (Å²) >= 11 is -3.65. The lowest BCUT2D eigenvalue weighted by molar-refractivity contribution is -0.0193. The molecule has 0 aromatic heterocycles. The molecule has 0 saturated heterocycles. The number of rotatable bonds is 3. The average Bonchev–Trinajstić information content (AvgIpc) is 2.12. The maximum atomic E-state index is 10.7. The Bertz CT molecular complexity index is 247. The molecule has 0 aliphatic heterocycles. The Morgan fingerprint density at radius 2 is 2.17 bits per heavy atom. The first-order chi connectivity index (χ1) is 5.65. The Morgan fingerprint density at radius 3 is 2.50 bits per heavy atom. The molecule has 0 aromatic carbocycles. The van der Waals surface area contributed by atoms with Crippen LogP contribution < -0.4 is 0 Å². The van der Waals surface area contributed by atoms with Crippen molar-refractivity contribution < 1.29 is 21.6 Å². The highest BCUT2D eigenvalue weighted by molar-refractivity contribution is 7.97. The van der Waals surface area contributed by atoms with Crippen LogP contribution in [0.1, 0.15) is 6.92 Å². The van der Waals surface area contributed by atoms with Crippen LogP contribution in [0, 0.1) is 0 Å². The van der Waals surface area contributed by atoms with Crippen molar-refractivity contribution in [1.82, 2.24) is 0 Å². The SMILES string of the molecule is CCS(=O)OC(=[N+]=[N-])S(=O)OC. The van der Waals surface area contributed by atoms with Gasteiger partial charge in [0.15, 0.2) is 0 Å². The third-order valence-electron chi connectivity index (χ3n) is 0.776. The lowest BCUT2D eigenvalue weighted by Gasteiger charge is -1.94. The van der Waals surface area contributed by atoms with Crippen molar-refractivity contribution in [3.05, 3.63) is 5.53 Å². The molecule has 0 heterocycles. The second kappa shape index (κ2) is 6.01. The van der Waals surface area contributed by atoms with Crippen molar-refractivity contribution in [2.45, 2.75) is 6.92 Å². The van der Waals surface area contributed by atoms with Crippen LogP contribution >= 0.6 is 0 Å². The zero-order chi connectivity index (χ0) is 9.56. The highest BCUT2D eigenvalue weighted by atomic mass is 32.2. The fraction of sp³-hybridized carbons (Fsp3) is 0.750. The van der Waals surface area contributed by atoms with Gasteiger partial charge in [-0.2, -0.15) is 0 Å². The minimum absolute atomic E-state index is 0.208. The molecule has 12 heavy (non-hydrogen) atoms. The molecule has 0 rings (SSSR count). The third-order valence-corrected chi connectivity index (χ3v) is 2.45. The molecule has 8 heteroatoms. The van der Waals surface area contributed by atoms with Crippen molar-refractivity contribution in [3.63, 3.8) is 0 Å². The van der Waals surface area contributed by atoms with Crippen molar-refractivity contribution in [1.29, 1.82) is 0 Å². The van der Waals surface area contributed by atoms with Crippen molar-refractivity contribution >= 4 is 27.4 Å². The molecule has 2 atom stereocenters. The van der Waals surface area contributed by atoms with E-state index in [2.05, 4.69) is 13.2 Å². The van der Waals surface area contributed by atoms with Gasteiger partial charge in [-0.1, -0.05) is 6.92 Å². The van der Waals surface area contributed by atoms with E-state index in [4.69, 9.17) is 5.53 Å². The fourth-order valence-corrected chi connectivity index (χ4v) is 1.26. The van der Waals surface area contributed by atoms with Crippen LogP contribution in [0.2, 0.25) is 0 Å².